The molecule has 0 unspecified atom stereocenters. The molecular weight excluding hydrogens is 304 g/mol. The number of carbonyl (C=O) groups excluding carboxylic acids is 3. The van der Waals surface area contributed by atoms with Gasteiger partial charge in [-0.3, -0.25) is 14.4 Å². The van der Waals surface area contributed by atoms with Gasteiger partial charge in [-0.15, -0.1) is 0 Å². The summed E-state index contributed by atoms with van der Waals surface area (Å²) < 4.78 is 5.44. The first-order chi connectivity index (χ1) is 11.5. The maximum Gasteiger partial charge on any atom is 0.224 e. The normalized spacial score (nSPS) is 15.5. The van der Waals surface area contributed by atoms with Crippen molar-refractivity contribution in [3.63, 3.8) is 0 Å². The van der Waals surface area contributed by atoms with Crippen LogP contribution in [0.3, 0.4) is 0 Å². The van der Waals surface area contributed by atoms with Crippen LogP contribution in [-0.2, 0) is 19.1 Å². The average molecular weight is 324 g/mol. The molecule has 0 saturated carbocycles. The second-order valence-corrected chi connectivity index (χ2v) is 5.64. The van der Waals surface area contributed by atoms with Crippen molar-refractivity contribution in [3.8, 4) is 0 Å². The van der Waals surface area contributed by atoms with Gasteiger partial charge < -0.3 is 4.74 Å². The van der Waals surface area contributed by atoms with Gasteiger partial charge in [-0.25, -0.2) is 0 Å². The number of carbonyl (C=O) groups is 3. The highest BCUT2D eigenvalue weighted by molar-refractivity contribution is 6.36. The van der Waals surface area contributed by atoms with Crippen LogP contribution >= 0.6 is 0 Å². The minimum absolute atomic E-state index is 0.132. The van der Waals surface area contributed by atoms with E-state index in [0.717, 1.165) is 5.56 Å². The summed E-state index contributed by atoms with van der Waals surface area (Å²) in [5.41, 5.74) is 1.33. The van der Waals surface area contributed by atoms with Crippen molar-refractivity contribution in [2.24, 2.45) is 0 Å². The molecule has 0 atom stereocenters. The highest BCUT2D eigenvalue weighted by atomic mass is 16.5. The molecule has 4 nitrogen and oxygen atoms in total. The third-order valence-electron chi connectivity index (χ3n) is 3.60. The van der Waals surface area contributed by atoms with E-state index in [9.17, 15) is 14.4 Å². The van der Waals surface area contributed by atoms with Gasteiger partial charge in [0, 0.05) is 5.57 Å². The number of ether oxygens (including phenoxy) is 1. The van der Waals surface area contributed by atoms with E-state index in [1.807, 2.05) is 37.3 Å². The van der Waals surface area contributed by atoms with Gasteiger partial charge in [0.2, 0.25) is 5.78 Å². The van der Waals surface area contributed by atoms with Crippen molar-refractivity contribution in [1.29, 1.82) is 0 Å². The predicted molar refractivity (Wildman–Crippen MR) is 92.1 cm³/mol. The maximum absolute atomic E-state index is 12.7. The van der Waals surface area contributed by atoms with Gasteiger partial charge in [-0.05, 0) is 43.6 Å². The van der Waals surface area contributed by atoms with Gasteiger partial charge >= 0.3 is 0 Å². The third-order valence-corrected chi connectivity index (χ3v) is 3.60. The highest BCUT2D eigenvalue weighted by Crippen LogP contribution is 2.24. The summed E-state index contributed by atoms with van der Waals surface area (Å²) in [5.74, 6) is -1.50. The van der Waals surface area contributed by atoms with Crippen LogP contribution in [0.15, 0.2) is 58.9 Å². The maximum atomic E-state index is 12.7. The first-order valence-corrected chi connectivity index (χ1v) is 7.88. The lowest BCUT2D eigenvalue weighted by molar-refractivity contribution is -0.122. The van der Waals surface area contributed by atoms with Crippen LogP contribution in [0.25, 0.3) is 6.08 Å². The molecule has 2 rings (SSSR count). The Kier molecular flexibility index (Phi) is 5.64. The van der Waals surface area contributed by atoms with Crippen LogP contribution in [0.5, 0.6) is 0 Å². The molecular formula is C20H20O4. The summed E-state index contributed by atoms with van der Waals surface area (Å²) >= 11 is 0. The van der Waals surface area contributed by atoms with Gasteiger partial charge in [-0.1, -0.05) is 37.3 Å². The summed E-state index contributed by atoms with van der Waals surface area (Å²) in [5, 5.41) is 0. The molecule has 0 fully saturated rings. The lowest BCUT2D eigenvalue weighted by Gasteiger charge is -2.17. The van der Waals surface area contributed by atoms with Crippen molar-refractivity contribution in [2.45, 2.75) is 27.2 Å². The molecule has 0 aliphatic heterocycles. The Bertz CT molecular complexity index is 764. The molecule has 1 aliphatic carbocycles. The van der Waals surface area contributed by atoms with Gasteiger partial charge in [0.25, 0.3) is 0 Å². The van der Waals surface area contributed by atoms with E-state index in [4.69, 9.17) is 4.74 Å². The lowest BCUT2D eigenvalue weighted by Crippen LogP contribution is -2.25. The summed E-state index contributed by atoms with van der Waals surface area (Å²) in [6, 6.07) is 9.32. The molecule has 124 valence electrons. The predicted octanol–water partition coefficient (Wildman–Crippen LogP) is 3.44. The summed E-state index contributed by atoms with van der Waals surface area (Å²) in [4.78, 5) is 37.3. The van der Waals surface area contributed by atoms with Gasteiger partial charge in [0.05, 0.1) is 6.61 Å². The van der Waals surface area contributed by atoms with Crippen LogP contribution in [0, 0.1) is 0 Å². The van der Waals surface area contributed by atoms with Crippen LogP contribution in [0.4, 0.5) is 0 Å². The zero-order chi connectivity index (χ0) is 17.7. The number of benzene rings is 1. The number of rotatable bonds is 6. The van der Waals surface area contributed by atoms with Crippen molar-refractivity contribution in [3.05, 3.63) is 64.4 Å². The standard InChI is InChI=1S/C20H20O4/c1-4-10-24-20-17(16(21)12-14(3)19(20)23)18(22)13(2)11-15-8-6-5-7-9-15/h5-9,11-12H,4,10H2,1-3H3/b13-11+. The fraction of sp³-hybridized carbons (Fsp3) is 0.250. The van der Waals surface area contributed by atoms with E-state index in [-0.39, 0.29) is 23.5 Å². The molecule has 24 heavy (non-hydrogen) atoms. The second-order valence-electron chi connectivity index (χ2n) is 5.64. The van der Waals surface area contributed by atoms with Gasteiger partial charge in [0.1, 0.15) is 5.57 Å². The van der Waals surface area contributed by atoms with E-state index in [2.05, 4.69) is 0 Å². The average Bonchev–Trinajstić information content (AvgIpc) is 2.57. The Hall–Kier alpha value is -2.75. The zero-order valence-corrected chi connectivity index (χ0v) is 14.1. The Morgan fingerprint density at radius 2 is 1.83 bits per heavy atom. The minimum atomic E-state index is -0.482. The minimum Gasteiger partial charge on any atom is -0.489 e. The molecule has 0 radical (unpaired) electrons. The Morgan fingerprint density at radius 1 is 1.17 bits per heavy atom. The van der Waals surface area contributed by atoms with E-state index >= 15 is 0 Å². The number of ketones is 3. The molecule has 0 bridgehead atoms. The SMILES string of the molecule is CCCOC1=C(C(=O)/C(C)=C/c2ccccc2)C(=O)C=C(C)C1=O. The zero-order valence-electron chi connectivity index (χ0n) is 14.1. The smallest absolute Gasteiger partial charge is 0.224 e. The Balaban J connectivity index is 2.42. The number of hydrogen-bond donors (Lipinski definition) is 0. The van der Waals surface area contributed by atoms with Crippen molar-refractivity contribution in [2.75, 3.05) is 6.61 Å². The first-order valence-electron chi connectivity index (χ1n) is 7.88. The van der Waals surface area contributed by atoms with Crippen molar-refractivity contribution < 1.29 is 19.1 Å². The topological polar surface area (TPSA) is 60.4 Å². The van der Waals surface area contributed by atoms with Crippen LogP contribution in [0.1, 0.15) is 32.8 Å². The largest absolute Gasteiger partial charge is 0.489 e. The van der Waals surface area contributed by atoms with Crippen LogP contribution in [-0.4, -0.2) is 24.0 Å². The third kappa shape index (κ3) is 3.77. The molecule has 0 aromatic heterocycles. The van der Waals surface area contributed by atoms with E-state index in [1.165, 1.54) is 6.08 Å². The van der Waals surface area contributed by atoms with Crippen LogP contribution < -0.4 is 0 Å². The number of hydrogen-bond acceptors (Lipinski definition) is 4. The Labute approximate surface area is 141 Å². The quantitative estimate of drug-likeness (QED) is 0.457. The van der Waals surface area contributed by atoms with E-state index < -0.39 is 17.3 Å². The highest BCUT2D eigenvalue weighted by Gasteiger charge is 2.32. The molecule has 4 heteroatoms. The molecule has 1 aromatic rings. The molecule has 0 saturated heterocycles. The lowest BCUT2D eigenvalue weighted by atomic mass is 9.90. The number of allylic oxidation sites excluding steroid dienone is 4. The molecule has 1 aromatic carbocycles. The summed E-state index contributed by atoms with van der Waals surface area (Å²) in [6.45, 7) is 5.34. The summed E-state index contributed by atoms with van der Waals surface area (Å²) in [6.07, 6.45) is 3.56. The summed E-state index contributed by atoms with van der Waals surface area (Å²) in [7, 11) is 0. The second kappa shape index (κ2) is 7.68. The molecule has 0 amide bonds. The molecule has 0 N–H and O–H groups in total. The van der Waals surface area contributed by atoms with Crippen molar-refractivity contribution >= 4 is 23.4 Å². The van der Waals surface area contributed by atoms with E-state index in [0.29, 0.717) is 12.0 Å². The van der Waals surface area contributed by atoms with E-state index in [1.54, 1.807) is 19.9 Å². The fourth-order valence-corrected chi connectivity index (χ4v) is 2.36. The van der Waals surface area contributed by atoms with Gasteiger partial charge in [0.15, 0.2) is 17.3 Å². The molecule has 1 aliphatic rings. The molecule has 0 heterocycles. The molecule has 0 spiro atoms. The number of Topliss-reactive ketones (excluding diaryl/α,β-unsaturated/α-hetero) is 2. The monoisotopic (exact) mass is 324 g/mol. The van der Waals surface area contributed by atoms with Crippen LogP contribution in [0.2, 0.25) is 0 Å². The van der Waals surface area contributed by atoms with Gasteiger partial charge in [-0.2, -0.15) is 0 Å². The first kappa shape index (κ1) is 17.6. The van der Waals surface area contributed by atoms with Crippen molar-refractivity contribution in [1.82, 2.24) is 0 Å². The fourth-order valence-electron chi connectivity index (χ4n) is 2.36. The Morgan fingerprint density at radius 3 is 2.46 bits per heavy atom.